The Morgan fingerprint density at radius 1 is 0.921 bits per heavy atom. The maximum Gasteiger partial charge on any atom is 0.329 e. The zero-order valence-electron chi connectivity index (χ0n) is 20.8. The Balaban J connectivity index is 1.50. The number of amides is 3. The zero-order valence-corrected chi connectivity index (χ0v) is 21.6. The minimum atomic E-state index is -0.950. The van der Waals surface area contributed by atoms with E-state index in [0.717, 1.165) is 5.56 Å². The molecule has 0 radical (unpaired) electrons. The van der Waals surface area contributed by atoms with Crippen molar-refractivity contribution in [2.24, 2.45) is 5.10 Å². The highest BCUT2D eigenvalue weighted by atomic mass is 35.5. The topological polar surface area (TPSA) is 127 Å². The van der Waals surface area contributed by atoms with Crippen LogP contribution in [0.5, 0.6) is 17.2 Å². The van der Waals surface area contributed by atoms with Crippen molar-refractivity contribution in [1.82, 2.24) is 10.7 Å². The van der Waals surface area contributed by atoms with E-state index in [2.05, 4.69) is 21.2 Å². The first-order chi connectivity index (χ1) is 18.4. The number of methoxy groups -OCH3 is 1. The number of nitrogens with zero attached hydrogens (tertiary/aromatic N) is 1. The lowest BCUT2D eigenvalue weighted by atomic mass is 10.2. The van der Waals surface area contributed by atoms with Crippen LogP contribution < -0.4 is 30.3 Å². The lowest BCUT2D eigenvalue weighted by Gasteiger charge is -2.10. The van der Waals surface area contributed by atoms with Gasteiger partial charge in [0.05, 0.1) is 19.9 Å². The SMILES string of the molecule is CCOc1ccc(NC(=O)COc2ccc(Cl)cc2/C=N\NC(=O)C(=O)NCc2ccc(OC)cc2)cc1. The normalized spacial score (nSPS) is 10.5. The van der Waals surface area contributed by atoms with Gasteiger partial charge in [-0.3, -0.25) is 14.4 Å². The quantitative estimate of drug-likeness (QED) is 0.195. The molecule has 0 aliphatic carbocycles. The van der Waals surface area contributed by atoms with Crippen LogP contribution in [0.15, 0.2) is 71.8 Å². The van der Waals surface area contributed by atoms with Gasteiger partial charge in [0.25, 0.3) is 5.91 Å². The van der Waals surface area contributed by atoms with Gasteiger partial charge in [-0.15, -0.1) is 0 Å². The molecule has 198 valence electrons. The van der Waals surface area contributed by atoms with Crippen LogP contribution in [0.1, 0.15) is 18.1 Å². The van der Waals surface area contributed by atoms with Gasteiger partial charge in [-0.2, -0.15) is 5.10 Å². The summed E-state index contributed by atoms with van der Waals surface area (Å²) in [4.78, 5) is 36.5. The van der Waals surface area contributed by atoms with Crippen LogP contribution in [-0.4, -0.2) is 44.3 Å². The lowest BCUT2D eigenvalue weighted by Crippen LogP contribution is -2.37. The molecule has 0 saturated heterocycles. The van der Waals surface area contributed by atoms with E-state index in [-0.39, 0.29) is 19.1 Å². The van der Waals surface area contributed by atoms with Crippen LogP contribution in [0.2, 0.25) is 5.02 Å². The molecule has 3 N–H and O–H groups in total. The van der Waals surface area contributed by atoms with Gasteiger partial charge < -0.3 is 24.8 Å². The fourth-order valence-electron chi connectivity index (χ4n) is 3.11. The minimum Gasteiger partial charge on any atom is -0.497 e. The van der Waals surface area contributed by atoms with Crippen molar-refractivity contribution in [1.29, 1.82) is 0 Å². The molecule has 38 heavy (non-hydrogen) atoms. The van der Waals surface area contributed by atoms with Crippen LogP contribution in [0.25, 0.3) is 0 Å². The summed E-state index contributed by atoms with van der Waals surface area (Å²) >= 11 is 6.07. The van der Waals surface area contributed by atoms with E-state index in [1.165, 1.54) is 6.21 Å². The third-order valence-corrected chi connectivity index (χ3v) is 5.20. The van der Waals surface area contributed by atoms with Gasteiger partial charge in [-0.05, 0) is 67.1 Å². The molecule has 3 amide bonds. The summed E-state index contributed by atoms with van der Waals surface area (Å²) < 4.78 is 16.1. The van der Waals surface area contributed by atoms with Crippen LogP contribution in [-0.2, 0) is 20.9 Å². The molecule has 0 unspecified atom stereocenters. The molecule has 0 aliphatic heterocycles. The number of carbonyl (C=O) groups excluding carboxylic acids is 3. The Bertz CT molecular complexity index is 1280. The summed E-state index contributed by atoms with van der Waals surface area (Å²) in [6.07, 6.45) is 1.26. The minimum absolute atomic E-state index is 0.158. The first-order valence-electron chi connectivity index (χ1n) is 11.6. The highest BCUT2D eigenvalue weighted by Gasteiger charge is 2.13. The van der Waals surface area contributed by atoms with Crippen molar-refractivity contribution in [3.8, 4) is 17.2 Å². The van der Waals surface area contributed by atoms with Gasteiger partial charge in [0, 0.05) is 22.8 Å². The number of hydrazone groups is 1. The molecule has 0 bridgehead atoms. The van der Waals surface area contributed by atoms with Crippen LogP contribution in [0, 0.1) is 0 Å². The van der Waals surface area contributed by atoms with E-state index >= 15 is 0 Å². The molecule has 0 heterocycles. The second kappa shape index (κ2) is 14.2. The molecule has 3 rings (SSSR count). The maximum atomic E-state index is 12.3. The van der Waals surface area contributed by atoms with E-state index in [9.17, 15) is 14.4 Å². The number of nitrogens with one attached hydrogen (secondary N) is 3. The van der Waals surface area contributed by atoms with Gasteiger partial charge in [-0.1, -0.05) is 23.7 Å². The fourth-order valence-corrected chi connectivity index (χ4v) is 3.29. The average molecular weight is 539 g/mol. The van der Waals surface area contributed by atoms with E-state index in [1.54, 1.807) is 73.8 Å². The van der Waals surface area contributed by atoms with Crippen LogP contribution in [0.3, 0.4) is 0 Å². The van der Waals surface area contributed by atoms with Gasteiger partial charge in [0.15, 0.2) is 6.61 Å². The molecule has 3 aromatic carbocycles. The molecule has 11 heteroatoms. The van der Waals surface area contributed by atoms with Gasteiger partial charge in [0.2, 0.25) is 0 Å². The van der Waals surface area contributed by atoms with Crippen molar-refractivity contribution >= 4 is 41.2 Å². The summed E-state index contributed by atoms with van der Waals surface area (Å²) in [5.41, 5.74) is 3.93. The number of hydrogen-bond acceptors (Lipinski definition) is 7. The number of benzene rings is 3. The molecule has 0 spiro atoms. The predicted molar refractivity (Wildman–Crippen MR) is 144 cm³/mol. The van der Waals surface area contributed by atoms with Crippen LogP contribution in [0.4, 0.5) is 5.69 Å². The molecule has 0 fully saturated rings. The molecular weight excluding hydrogens is 512 g/mol. The Labute approximate surface area is 224 Å². The molecular formula is C27H27ClN4O6. The summed E-state index contributed by atoms with van der Waals surface area (Å²) in [6.45, 7) is 2.31. The van der Waals surface area contributed by atoms with Crippen molar-refractivity contribution in [2.45, 2.75) is 13.5 Å². The summed E-state index contributed by atoms with van der Waals surface area (Å²) in [5.74, 6) is -0.494. The number of halogens is 1. The summed E-state index contributed by atoms with van der Waals surface area (Å²) in [6, 6.07) is 18.7. The smallest absolute Gasteiger partial charge is 0.329 e. The Morgan fingerprint density at radius 2 is 1.63 bits per heavy atom. The van der Waals surface area contributed by atoms with Crippen molar-refractivity contribution in [2.75, 3.05) is 25.6 Å². The average Bonchev–Trinajstić information content (AvgIpc) is 2.92. The molecule has 0 aliphatic rings. The van der Waals surface area contributed by atoms with Gasteiger partial charge >= 0.3 is 11.8 Å². The standard InChI is InChI=1S/C27H27ClN4O6/c1-3-37-23-11-7-21(8-12-23)31-25(33)17-38-24-13-6-20(28)14-19(24)16-30-32-27(35)26(34)29-15-18-4-9-22(36-2)10-5-18/h4-14,16H,3,15,17H2,1-2H3,(H,29,34)(H,31,33)(H,32,35)/b30-16-. The van der Waals surface area contributed by atoms with Gasteiger partial charge in [0.1, 0.15) is 17.2 Å². The number of anilines is 1. The van der Waals surface area contributed by atoms with Crippen molar-refractivity contribution in [3.63, 3.8) is 0 Å². The fraction of sp³-hybridized carbons (Fsp3) is 0.185. The Kier molecular flexibility index (Phi) is 10.5. The third kappa shape index (κ3) is 8.82. The first kappa shape index (κ1) is 28.0. The zero-order chi connectivity index (χ0) is 27.3. The number of hydrogen-bond donors (Lipinski definition) is 3. The van der Waals surface area contributed by atoms with E-state index < -0.39 is 11.8 Å². The van der Waals surface area contributed by atoms with Crippen LogP contribution >= 0.6 is 11.6 Å². The molecule has 3 aromatic rings. The maximum absolute atomic E-state index is 12.3. The predicted octanol–water partition coefficient (Wildman–Crippen LogP) is 3.53. The summed E-state index contributed by atoms with van der Waals surface area (Å²) in [7, 11) is 1.56. The number of ether oxygens (including phenoxy) is 3. The second-order valence-electron chi connectivity index (χ2n) is 7.71. The van der Waals surface area contributed by atoms with Crippen molar-refractivity contribution in [3.05, 3.63) is 82.9 Å². The van der Waals surface area contributed by atoms with E-state index in [4.69, 9.17) is 25.8 Å². The molecule has 10 nitrogen and oxygen atoms in total. The lowest BCUT2D eigenvalue weighted by molar-refractivity contribution is -0.139. The van der Waals surface area contributed by atoms with Crippen molar-refractivity contribution < 1.29 is 28.6 Å². The summed E-state index contributed by atoms with van der Waals surface area (Å²) in [5, 5.41) is 9.43. The molecule has 0 saturated carbocycles. The second-order valence-corrected chi connectivity index (χ2v) is 8.14. The monoisotopic (exact) mass is 538 g/mol. The van der Waals surface area contributed by atoms with Gasteiger partial charge in [-0.25, -0.2) is 5.43 Å². The largest absolute Gasteiger partial charge is 0.497 e. The molecule has 0 aromatic heterocycles. The Hall–Kier alpha value is -4.57. The van der Waals surface area contributed by atoms with E-state index in [1.807, 2.05) is 6.92 Å². The van der Waals surface area contributed by atoms with E-state index in [0.29, 0.717) is 40.1 Å². The highest BCUT2D eigenvalue weighted by Crippen LogP contribution is 2.22. The number of rotatable bonds is 11. The first-order valence-corrected chi connectivity index (χ1v) is 11.9. The third-order valence-electron chi connectivity index (χ3n) is 4.97. The molecule has 0 atom stereocenters. The number of carbonyl (C=O) groups is 3. The Morgan fingerprint density at radius 3 is 2.32 bits per heavy atom. The highest BCUT2D eigenvalue weighted by molar-refractivity contribution is 6.35.